The summed E-state index contributed by atoms with van der Waals surface area (Å²) in [6, 6.07) is 7.30. The molecule has 1 aromatic carbocycles. The summed E-state index contributed by atoms with van der Waals surface area (Å²) in [7, 11) is 0. The van der Waals surface area contributed by atoms with E-state index in [9.17, 15) is 9.90 Å². The van der Waals surface area contributed by atoms with Gasteiger partial charge in [-0.3, -0.25) is 0 Å². The van der Waals surface area contributed by atoms with Gasteiger partial charge in [0.2, 0.25) is 0 Å². The Bertz CT molecular complexity index is 1220. The maximum Gasteiger partial charge on any atom is 0.343 e. The molecule has 0 saturated carbocycles. The number of fused-ring (bicyclic) bond motifs is 1. The number of benzene rings is 1. The Kier molecular flexibility index (Phi) is 4.68. The van der Waals surface area contributed by atoms with Crippen LogP contribution in [0.3, 0.4) is 0 Å². The SMILES string of the molecule is Cc1ncsc1CCOc1ccc2oc(-c3oc(=O)c(C)c(O)c3C)cc2c1. The first-order chi connectivity index (χ1) is 13.4. The first-order valence-corrected chi connectivity index (χ1v) is 9.71. The molecular formula is C21H19NO5S. The van der Waals surface area contributed by atoms with E-state index in [1.54, 1.807) is 24.3 Å². The fourth-order valence-electron chi connectivity index (χ4n) is 3.02. The van der Waals surface area contributed by atoms with Gasteiger partial charge in [0.05, 0.1) is 23.4 Å². The van der Waals surface area contributed by atoms with Crippen molar-refractivity contribution in [1.29, 1.82) is 0 Å². The predicted molar refractivity (Wildman–Crippen MR) is 107 cm³/mol. The summed E-state index contributed by atoms with van der Waals surface area (Å²) < 4.78 is 17.0. The van der Waals surface area contributed by atoms with Crippen LogP contribution in [0.25, 0.3) is 22.5 Å². The predicted octanol–water partition coefficient (Wildman–Crippen LogP) is 4.76. The van der Waals surface area contributed by atoms with E-state index in [1.807, 2.05) is 30.6 Å². The largest absolute Gasteiger partial charge is 0.507 e. The van der Waals surface area contributed by atoms with Gasteiger partial charge in [0.15, 0.2) is 11.5 Å². The highest BCUT2D eigenvalue weighted by Gasteiger charge is 2.18. The van der Waals surface area contributed by atoms with Gasteiger partial charge in [0.1, 0.15) is 17.1 Å². The average Bonchev–Trinajstić information content (AvgIpc) is 3.28. The highest BCUT2D eigenvalue weighted by atomic mass is 32.1. The van der Waals surface area contributed by atoms with Crippen molar-refractivity contribution in [3.8, 4) is 23.0 Å². The highest BCUT2D eigenvalue weighted by Crippen LogP contribution is 2.34. The van der Waals surface area contributed by atoms with Crippen molar-refractivity contribution in [3.05, 3.63) is 61.9 Å². The fourth-order valence-corrected chi connectivity index (χ4v) is 3.78. The van der Waals surface area contributed by atoms with Crippen LogP contribution in [0, 0.1) is 20.8 Å². The summed E-state index contributed by atoms with van der Waals surface area (Å²) in [5, 5.41) is 10.9. The van der Waals surface area contributed by atoms with Crippen LogP contribution in [0.15, 0.2) is 43.4 Å². The number of thiazole rings is 1. The quantitative estimate of drug-likeness (QED) is 0.522. The minimum Gasteiger partial charge on any atom is -0.507 e. The van der Waals surface area contributed by atoms with Crippen molar-refractivity contribution in [2.24, 2.45) is 0 Å². The molecule has 4 rings (SSSR count). The maximum atomic E-state index is 11.9. The van der Waals surface area contributed by atoms with E-state index in [2.05, 4.69) is 4.98 Å². The Morgan fingerprint density at radius 3 is 2.71 bits per heavy atom. The number of aromatic nitrogens is 1. The van der Waals surface area contributed by atoms with Crippen LogP contribution < -0.4 is 10.4 Å². The summed E-state index contributed by atoms with van der Waals surface area (Å²) in [6.07, 6.45) is 0.804. The van der Waals surface area contributed by atoms with Crippen LogP contribution in [-0.2, 0) is 6.42 Å². The lowest BCUT2D eigenvalue weighted by atomic mass is 10.1. The van der Waals surface area contributed by atoms with Crippen molar-refractivity contribution < 1.29 is 18.7 Å². The smallest absolute Gasteiger partial charge is 0.343 e. The molecule has 0 aliphatic rings. The first kappa shape index (κ1) is 18.3. The molecule has 0 spiro atoms. The average molecular weight is 397 g/mol. The minimum atomic E-state index is -0.582. The zero-order valence-corrected chi connectivity index (χ0v) is 16.6. The third-order valence-electron chi connectivity index (χ3n) is 4.71. The molecule has 144 valence electrons. The third-order valence-corrected chi connectivity index (χ3v) is 5.70. The topological polar surface area (TPSA) is 85.7 Å². The molecule has 1 N–H and O–H groups in total. The van der Waals surface area contributed by atoms with Gasteiger partial charge in [0, 0.05) is 22.2 Å². The standard InChI is InChI=1S/C21H19NO5S/c1-11-19(23)12(2)21(24)27-20(11)17-9-14-8-15(4-5-16(14)26-17)25-7-6-18-13(3)22-10-28-18/h4-5,8-10,23H,6-7H2,1-3H3. The molecule has 0 amide bonds. The van der Waals surface area contributed by atoms with Crippen molar-refractivity contribution >= 4 is 22.3 Å². The van der Waals surface area contributed by atoms with E-state index >= 15 is 0 Å². The van der Waals surface area contributed by atoms with E-state index in [-0.39, 0.29) is 17.1 Å². The Hall–Kier alpha value is -3.06. The second kappa shape index (κ2) is 7.16. The van der Waals surface area contributed by atoms with E-state index in [0.29, 0.717) is 23.5 Å². The number of hydrogen-bond acceptors (Lipinski definition) is 7. The number of nitrogens with zero attached hydrogens (tertiary/aromatic N) is 1. The zero-order valence-electron chi connectivity index (χ0n) is 15.7. The molecule has 28 heavy (non-hydrogen) atoms. The maximum absolute atomic E-state index is 11.9. The lowest BCUT2D eigenvalue weighted by Gasteiger charge is -2.05. The van der Waals surface area contributed by atoms with Gasteiger partial charge in [-0.2, -0.15) is 0 Å². The number of aromatic hydroxyl groups is 1. The summed E-state index contributed by atoms with van der Waals surface area (Å²) >= 11 is 1.63. The second-order valence-electron chi connectivity index (χ2n) is 6.59. The number of ether oxygens (including phenoxy) is 1. The molecule has 0 aliphatic heterocycles. The minimum absolute atomic E-state index is 0.0749. The molecule has 0 aliphatic carbocycles. The number of furan rings is 1. The summed E-state index contributed by atoms with van der Waals surface area (Å²) in [5.41, 5.74) is 3.59. The molecule has 0 atom stereocenters. The first-order valence-electron chi connectivity index (χ1n) is 8.83. The molecular weight excluding hydrogens is 378 g/mol. The molecule has 0 fully saturated rings. The lowest BCUT2D eigenvalue weighted by molar-refractivity contribution is 0.323. The van der Waals surface area contributed by atoms with Crippen LogP contribution in [0.1, 0.15) is 21.7 Å². The van der Waals surface area contributed by atoms with E-state index < -0.39 is 5.63 Å². The molecule has 3 heterocycles. The highest BCUT2D eigenvalue weighted by molar-refractivity contribution is 7.09. The van der Waals surface area contributed by atoms with Gasteiger partial charge < -0.3 is 18.7 Å². The van der Waals surface area contributed by atoms with Crippen molar-refractivity contribution in [2.75, 3.05) is 6.61 Å². The molecule has 4 aromatic rings. The second-order valence-corrected chi connectivity index (χ2v) is 7.53. The summed E-state index contributed by atoms with van der Waals surface area (Å²) in [4.78, 5) is 17.4. The van der Waals surface area contributed by atoms with Gasteiger partial charge in [-0.25, -0.2) is 9.78 Å². The Morgan fingerprint density at radius 2 is 1.96 bits per heavy atom. The molecule has 6 nitrogen and oxygen atoms in total. The molecule has 3 aromatic heterocycles. The van der Waals surface area contributed by atoms with Crippen LogP contribution >= 0.6 is 11.3 Å². The van der Waals surface area contributed by atoms with Crippen molar-refractivity contribution in [3.63, 3.8) is 0 Å². The van der Waals surface area contributed by atoms with E-state index in [0.717, 1.165) is 23.3 Å². The Balaban J connectivity index is 1.59. The fraction of sp³-hybridized carbons (Fsp3) is 0.238. The van der Waals surface area contributed by atoms with Crippen LogP contribution in [0.5, 0.6) is 11.5 Å². The Labute approximate surface area is 165 Å². The van der Waals surface area contributed by atoms with Gasteiger partial charge in [-0.05, 0) is 45.0 Å². The van der Waals surface area contributed by atoms with Gasteiger partial charge >= 0.3 is 5.63 Å². The van der Waals surface area contributed by atoms with Gasteiger partial charge in [-0.15, -0.1) is 11.3 Å². The number of rotatable bonds is 5. The van der Waals surface area contributed by atoms with Crippen LogP contribution in [-0.4, -0.2) is 16.7 Å². The third kappa shape index (κ3) is 3.29. The molecule has 0 radical (unpaired) electrons. The lowest BCUT2D eigenvalue weighted by Crippen LogP contribution is -2.05. The van der Waals surface area contributed by atoms with Gasteiger partial charge in [-0.1, -0.05) is 0 Å². The van der Waals surface area contributed by atoms with Crippen LogP contribution in [0.2, 0.25) is 0 Å². The molecule has 0 saturated heterocycles. The summed E-state index contributed by atoms with van der Waals surface area (Å²) in [6.45, 7) is 5.75. The van der Waals surface area contributed by atoms with Crippen molar-refractivity contribution in [2.45, 2.75) is 27.2 Å². The molecule has 0 bridgehead atoms. The monoisotopic (exact) mass is 397 g/mol. The normalized spacial score (nSPS) is 11.2. The van der Waals surface area contributed by atoms with Crippen LogP contribution in [0.4, 0.5) is 0 Å². The van der Waals surface area contributed by atoms with Gasteiger partial charge in [0.25, 0.3) is 0 Å². The number of aryl methyl sites for hydroxylation is 1. The number of hydrogen-bond donors (Lipinski definition) is 1. The molecule has 7 heteroatoms. The van der Waals surface area contributed by atoms with E-state index in [4.69, 9.17) is 13.6 Å². The van der Waals surface area contributed by atoms with Crippen molar-refractivity contribution in [1.82, 2.24) is 4.98 Å². The zero-order chi connectivity index (χ0) is 19.8. The Morgan fingerprint density at radius 1 is 1.14 bits per heavy atom. The molecule has 0 unspecified atom stereocenters. The summed E-state index contributed by atoms with van der Waals surface area (Å²) in [5.74, 6) is 1.27. The van der Waals surface area contributed by atoms with E-state index in [1.165, 1.54) is 11.8 Å².